The Hall–Kier alpha value is -0.380. The lowest BCUT2D eigenvalue weighted by atomic mass is 10.3. The minimum atomic E-state index is 0.114. The van der Waals surface area contributed by atoms with E-state index in [1.54, 1.807) is 7.11 Å². The molecule has 0 fully saturated rings. The summed E-state index contributed by atoms with van der Waals surface area (Å²) in [4.78, 5) is 0. The molecule has 0 saturated heterocycles. The van der Waals surface area contributed by atoms with E-state index < -0.39 is 0 Å². The van der Waals surface area contributed by atoms with Crippen molar-refractivity contribution in [1.29, 1.82) is 0 Å². The monoisotopic (exact) mass is 159 g/mol. The second-order valence-corrected chi connectivity index (χ2v) is 2.53. The van der Waals surface area contributed by atoms with Gasteiger partial charge in [0, 0.05) is 13.7 Å². The van der Waals surface area contributed by atoms with E-state index in [-0.39, 0.29) is 6.10 Å². The van der Waals surface area contributed by atoms with Crippen LogP contribution in [0.15, 0.2) is 12.2 Å². The van der Waals surface area contributed by atoms with Crippen LogP contribution in [0.1, 0.15) is 6.92 Å². The van der Waals surface area contributed by atoms with Crippen molar-refractivity contribution in [2.75, 3.05) is 26.9 Å². The predicted molar refractivity (Wildman–Crippen MR) is 45.5 cm³/mol. The van der Waals surface area contributed by atoms with Crippen LogP contribution < -0.4 is 5.73 Å². The molecular weight excluding hydrogens is 142 g/mol. The summed E-state index contributed by atoms with van der Waals surface area (Å²) in [5.41, 5.74) is 6.23. The van der Waals surface area contributed by atoms with E-state index in [0.717, 1.165) is 5.57 Å². The zero-order chi connectivity index (χ0) is 8.69. The highest BCUT2D eigenvalue weighted by Crippen LogP contribution is 1.95. The molecule has 0 aromatic rings. The number of ether oxygens (including phenoxy) is 2. The summed E-state index contributed by atoms with van der Waals surface area (Å²) in [6.45, 7) is 7.29. The minimum Gasteiger partial charge on any atom is -0.382 e. The number of hydrogen-bond acceptors (Lipinski definition) is 3. The first kappa shape index (κ1) is 10.6. The van der Waals surface area contributed by atoms with Crippen LogP contribution >= 0.6 is 0 Å². The molecule has 3 nitrogen and oxygen atoms in total. The van der Waals surface area contributed by atoms with Gasteiger partial charge in [-0.25, -0.2) is 0 Å². The molecule has 1 unspecified atom stereocenters. The first-order valence-electron chi connectivity index (χ1n) is 3.68. The van der Waals surface area contributed by atoms with E-state index in [1.165, 1.54) is 0 Å². The fraction of sp³-hybridized carbons (Fsp3) is 0.750. The molecule has 3 heteroatoms. The van der Waals surface area contributed by atoms with Crippen LogP contribution in [0.25, 0.3) is 0 Å². The number of rotatable bonds is 6. The summed E-state index contributed by atoms with van der Waals surface area (Å²) in [5, 5.41) is 0. The van der Waals surface area contributed by atoms with Gasteiger partial charge in [-0.15, -0.1) is 0 Å². The van der Waals surface area contributed by atoms with Crippen LogP contribution in [-0.2, 0) is 9.47 Å². The summed E-state index contributed by atoms with van der Waals surface area (Å²) in [5.74, 6) is 0. The van der Waals surface area contributed by atoms with E-state index in [4.69, 9.17) is 15.2 Å². The van der Waals surface area contributed by atoms with Crippen LogP contribution in [0, 0.1) is 0 Å². The molecule has 2 N–H and O–H groups in total. The first-order chi connectivity index (χ1) is 5.20. The van der Waals surface area contributed by atoms with Crippen molar-refractivity contribution in [3.05, 3.63) is 12.2 Å². The fourth-order valence-electron chi connectivity index (χ4n) is 0.602. The van der Waals surface area contributed by atoms with Gasteiger partial charge < -0.3 is 15.2 Å². The Labute approximate surface area is 68.2 Å². The molecular formula is C8H17NO2. The molecule has 0 rings (SSSR count). The van der Waals surface area contributed by atoms with Crippen LogP contribution in [0.3, 0.4) is 0 Å². The topological polar surface area (TPSA) is 44.5 Å². The maximum atomic E-state index is 5.33. The van der Waals surface area contributed by atoms with Crippen LogP contribution in [0.2, 0.25) is 0 Å². The standard InChI is InChI=1S/C8H17NO2/c1-7(4-9)5-11-8(2)6-10-3/h8H,1,4-6,9H2,2-3H3. The largest absolute Gasteiger partial charge is 0.382 e. The van der Waals surface area contributed by atoms with Gasteiger partial charge in [-0.2, -0.15) is 0 Å². The molecule has 0 aliphatic carbocycles. The van der Waals surface area contributed by atoms with Gasteiger partial charge in [-0.05, 0) is 12.5 Å². The Kier molecular flexibility index (Phi) is 6.12. The van der Waals surface area contributed by atoms with E-state index in [9.17, 15) is 0 Å². The van der Waals surface area contributed by atoms with E-state index in [1.807, 2.05) is 6.92 Å². The molecule has 0 saturated carbocycles. The van der Waals surface area contributed by atoms with Crippen LogP contribution in [0.4, 0.5) is 0 Å². The van der Waals surface area contributed by atoms with Gasteiger partial charge in [0.1, 0.15) is 0 Å². The van der Waals surface area contributed by atoms with Gasteiger partial charge in [-0.1, -0.05) is 6.58 Å². The quantitative estimate of drug-likeness (QED) is 0.576. The third-order valence-corrected chi connectivity index (χ3v) is 1.26. The fourth-order valence-corrected chi connectivity index (χ4v) is 0.602. The molecule has 0 aromatic heterocycles. The van der Waals surface area contributed by atoms with Gasteiger partial charge in [-0.3, -0.25) is 0 Å². The lowest BCUT2D eigenvalue weighted by Gasteiger charge is -2.11. The lowest BCUT2D eigenvalue weighted by Crippen LogP contribution is -2.18. The molecule has 11 heavy (non-hydrogen) atoms. The Balaban J connectivity index is 3.29. The normalized spacial score (nSPS) is 13.0. The summed E-state index contributed by atoms with van der Waals surface area (Å²) in [6.07, 6.45) is 0.114. The van der Waals surface area contributed by atoms with Gasteiger partial charge in [0.05, 0.1) is 19.3 Å². The van der Waals surface area contributed by atoms with Crippen molar-refractivity contribution in [3.8, 4) is 0 Å². The first-order valence-corrected chi connectivity index (χ1v) is 3.68. The molecule has 66 valence electrons. The minimum absolute atomic E-state index is 0.114. The highest BCUT2D eigenvalue weighted by atomic mass is 16.5. The number of nitrogens with two attached hydrogens (primary N) is 1. The third-order valence-electron chi connectivity index (χ3n) is 1.26. The highest BCUT2D eigenvalue weighted by molar-refractivity contribution is 4.95. The van der Waals surface area contributed by atoms with Crippen LogP contribution in [0.5, 0.6) is 0 Å². The molecule has 0 bridgehead atoms. The Morgan fingerprint density at radius 1 is 1.64 bits per heavy atom. The molecule has 0 aromatic carbocycles. The second-order valence-electron chi connectivity index (χ2n) is 2.53. The maximum absolute atomic E-state index is 5.33. The zero-order valence-corrected chi connectivity index (χ0v) is 7.30. The second kappa shape index (κ2) is 6.34. The summed E-state index contributed by atoms with van der Waals surface area (Å²) in [7, 11) is 1.65. The van der Waals surface area contributed by atoms with Gasteiger partial charge in [0.25, 0.3) is 0 Å². The molecule has 0 radical (unpaired) electrons. The molecule has 0 spiro atoms. The number of methoxy groups -OCH3 is 1. The highest BCUT2D eigenvalue weighted by Gasteiger charge is 2.00. The van der Waals surface area contributed by atoms with Crippen molar-refractivity contribution in [1.82, 2.24) is 0 Å². The molecule has 0 amide bonds. The molecule has 0 aliphatic rings. The van der Waals surface area contributed by atoms with Crippen molar-refractivity contribution in [2.45, 2.75) is 13.0 Å². The Bertz CT molecular complexity index is 115. The molecule has 0 heterocycles. The third kappa shape index (κ3) is 6.04. The summed E-state index contributed by atoms with van der Waals surface area (Å²) in [6, 6.07) is 0. The smallest absolute Gasteiger partial charge is 0.0784 e. The number of hydrogen-bond donors (Lipinski definition) is 1. The van der Waals surface area contributed by atoms with Gasteiger partial charge >= 0.3 is 0 Å². The van der Waals surface area contributed by atoms with Crippen molar-refractivity contribution in [3.63, 3.8) is 0 Å². The SMILES string of the molecule is C=C(CN)COC(C)COC. The van der Waals surface area contributed by atoms with Crippen LogP contribution in [-0.4, -0.2) is 33.0 Å². The van der Waals surface area contributed by atoms with E-state index in [0.29, 0.717) is 19.8 Å². The average Bonchev–Trinajstić information content (AvgIpc) is 2.01. The van der Waals surface area contributed by atoms with E-state index in [2.05, 4.69) is 6.58 Å². The average molecular weight is 159 g/mol. The van der Waals surface area contributed by atoms with Gasteiger partial charge in [0.15, 0.2) is 0 Å². The summed E-state index contributed by atoms with van der Waals surface area (Å²) >= 11 is 0. The predicted octanol–water partition coefficient (Wildman–Crippen LogP) is 0.553. The maximum Gasteiger partial charge on any atom is 0.0784 e. The van der Waals surface area contributed by atoms with E-state index >= 15 is 0 Å². The molecule has 1 atom stereocenters. The molecule has 0 aliphatic heterocycles. The summed E-state index contributed by atoms with van der Waals surface area (Å²) < 4.78 is 10.2. The van der Waals surface area contributed by atoms with Crippen molar-refractivity contribution in [2.24, 2.45) is 5.73 Å². The lowest BCUT2D eigenvalue weighted by molar-refractivity contribution is 0.0197. The Morgan fingerprint density at radius 2 is 2.27 bits per heavy atom. The van der Waals surface area contributed by atoms with Gasteiger partial charge in [0.2, 0.25) is 0 Å². The Morgan fingerprint density at radius 3 is 2.73 bits per heavy atom. The zero-order valence-electron chi connectivity index (χ0n) is 7.30. The van der Waals surface area contributed by atoms with Crippen molar-refractivity contribution >= 4 is 0 Å². The van der Waals surface area contributed by atoms with Crippen molar-refractivity contribution < 1.29 is 9.47 Å².